The summed E-state index contributed by atoms with van der Waals surface area (Å²) in [6.45, 7) is 8.38. The zero-order valence-electron chi connectivity index (χ0n) is 11.8. The molecule has 3 rings (SSSR count). The zero-order chi connectivity index (χ0) is 13.2. The third kappa shape index (κ3) is 2.72. The van der Waals surface area contributed by atoms with E-state index in [1.54, 1.807) is 0 Å². The molecule has 0 amide bonds. The van der Waals surface area contributed by atoms with Gasteiger partial charge in [-0.2, -0.15) is 0 Å². The van der Waals surface area contributed by atoms with Gasteiger partial charge in [-0.25, -0.2) is 0 Å². The predicted molar refractivity (Wildman–Crippen MR) is 77.1 cm³/mol. The topological polar surface area (TPSA) is 25.4 Å². The van der Waals surface area contributed by atoms with Gasteiger partial charge in [0.1, 0.15) is 0 Å². The van der Waals surface area contributed by atoms with Crippen LogP contribution in [-0.4, -0.2) is 42.2 Å². The maximum Gasteiger partial charge on any atom is 0.0645 e. The highest BCUT2D eigenvalue weighted by molar-refractivity contribution is 5.66. The summed E-state index contributed by atoms with van der Waals surface area (Å²) in [7, 11) is 0. The van der Waals surface area contributed by atoms with E-state index in [9.17, 15) is 0 Å². The molecule has 1 aromatic rings. The van der Waals surface area contributed by atoms with Crippen LogP contribution in [0, 0.1) is 0 Å². The molecule has 0 atom stereocenters. The van der Waals surface area contributed by atoms with Crippen LogP contribution in [0.2, 0.25) is 0 Å². The summed E-state index contributed by atoms with van der Waals surface area (Å²) >= 11 is 0. The number of pyridine rings is 1. The van der Waals surface area contributed by atoms with Crippen molar-refractivity contribution >= 4 is 5.57 Å². The number of hydrogen-bond acceptors (Lipinski definition) is 3. The third-order valence-electron chi connectivity index (χ3n) is 4.13. The van der Waals surface area contributed by atoms with Crippen LogP contribution in [0.3, 0.4) is 0 Å². The van der Waals surface area contributed by atoms with Crippen LogP contribution >= 0.6 is 0 Å². The first kappa shape index (κ1) is 12.8. The highest BCUT2D eigenvalue weighted by atomic mass is 16.5. The molecule has 1 saturated heterocycles. The maximum absolute atomic E-state index is 5.26. The van der Waals surface area contributed by atoms with Crippen molar-refractivity contribution in [3.63, 3.8) is 0 Å². The minimum atomic E-state index is 0.503. The lowest BCUT2D eigenvalue weighted by Crippen LogP contribution is -2.50. The van der Waals surface area contributed by atoms with Crippen LogP contribution in [0.1, 0.15) is 37.4 Å². The monoisotopic (exact) mass is 258 g/mol. The van der Waals surface area contributed by atoms with Gasteiger partial charge in [-0.15, -0.1) is 0 Å². The number of rotatable bonds is 3. The lowest BCUT2D eigenvalue weighted by molar-refractivity contribution is -0.0612. The molecule has 3 heterocycles. The van der Waals surface area contributed by atoms with Gasteiger partial charge < -0.3 is 4.74 Å². The summed E-state index contributed by atoms with van der Waals surface area (Å²) in [5.74, 6) is 0.503. The van der Waals surface area contributed by atoms with E-state index in [0.29, 0.717) is 12.0 Å². The summed E-state index contributed by atoms with van der Waals surface area (Å²) in [5.41, 5.74) is 3.90. The molecule has 19 heavy (non-hydrogen) atoms. The van der Waals surface area contributed by atoms with Gasteiger partial charge in [0.15, 0.2) is 0 Å². The van der Waals surface area contributed by atoms with Gasteiger partial charge >= 0.3 is 0 Å². The number of aromatic nitrogens is 1. The second-order valence-electron chi connectivity index (χ2n) is 5.79. The Kier molecular flexibility index (Phi) is 3.67. The first-order valence-electron chi connectivity index (χ1n) is 7.21. The molecule has 2 aliphatic rings. The van der Waals surface area contributed by atoms with Crippen molar-refractivity contribution in [1.82, 2.24) is 9.88 Å². The van der Waals surface area contributed by atoms with Gasteiger partial charge in [-0.1, -0.05) is 26.0 Å². The minimum Gasteiger partial charge on any atom is -0.378 e. The quantitative estimate of drug-likeness (QED) is 0.833. The Balaban J connectivity index is 1.67. The average molecular weight is 258 g/mol. The van der Waals surface area contributed by atoms with Crippen molar-refractivity contribution < 1.29 is 4.74 Å². The molecule has 0 radical (unpaired) electrons. The molecule has 3 heteroatoms. The van der Waals surface area contributed by atoms with Crippen LogP contribution < -0.4 is 0 Å². The van der Waals surface area contributed by atoms with Gasteiger partial charge in [0, 0.05) is 25.0 Å². The van der Waals surface area contributed by atoms with Crippen molar-refractivity contribution in [2.24, 2.45) is 0 Å². The molecule has 2 aliphatic heterocycles. The standard InChI is InChI=1S/C16H22N2O/c1-12(2)16-4-3-14(9-17-16)13-5-7-18(8-6-13)15-10-19-11-15/h3-5,9,12,15H,6-8,10-11H2,1-2H3. The Morgan fingerprint density at radius 2 is 2.16 bits per heavy atom. The highest BCUT2D eigenvalue weighted by Gasteiger charge is 2.27. The Labute approximate surface area is 115 Å². The normalized spacial score (nSPS) is 21.3. The largest absolute Gasteiger partial charge is 0.378 e. The second-order valence-corrected chi connectivity index (χ2v) is 5.79. The second kappa shape index (κ2) is 5.43. The summed E-state index contributed by atoms with van der Waals surface area (Å²) in [4.78, 5) is 7.08. The Morgan fingerprint density at radius 3 is 2.63 bits per heavy atom. The number of nitrogens with zero attached hydrogens (tertiary/aromatic N) is 2. The van der Waals surface area contributed by atoms with Gasteiger partial charge in [0.05, 0.1) is 19.3 Å². The van der Waals surface area contributed by atoms with E-state index >= 15 is 0 Å². The Bertz CT molecular complexity index is 460. The van der Waals surface area contributed by atoms with Gasteiger partial charge in [0.25, 0.3) is 0 Å². The lowest BCUT2D eigenvalue weighted by Gasteiger charge is -2.38. The summed E-state index contributed by atoms with van der Waals surface area (Å²) in [5, 5.41) is 0. The van der Waals surface area contributed by atoms with E-state index in [0.717, 1.165) is 32.7 Å². The first-order chi connectivity index (χ1) is 9.24. The van der Waals surface area contributed by atoms with Crippen molar-refractivity contribution in [2.75, 3.05) is 26.3 Å². The fraction of sp³-hybridized carbons (Fsp3) is 0.562. The Morgan fingerprint density at radius 1 is 1.32 bits per heavy atom. The third-order valence-corrected chi connectivity index (χ3v) is 4.13. The lowest BCUT2D eigenvalue weighted by atomic mass is 9.98. The summed E-state index contributed by atoms with van der Waals surface area (Å²) in [6.07, 6.45) is 5.51. The molecule has 3 nitrogen and oxygen atoms in total. The molecule has 0 aliphatic carbocycles. The van der Waals surface area contributed by atoms with Crippen LogP contribution in [0.4, 0.5) is 0 Å². The Hall–Kier alpha value is -1.19. The average Bonchev–Trinajstić information content (AvgIpc) is 2.38. The molecule has 0 spiro atoms. The zero-order valence-corrected chi connectivity index (χ0v) is 11.8. The van der Waals surface area contributed by atoms with E-state index in [1.807, 2.05) is 6.20 Å². The molecule has 0 saturated carbocycles. The SMILES string of the molecule is CC(C)c1ccc(C2=CCN(C3COC3)CC2)cn1. The van der Waals surface area contributed by atoms with E-state index in [4.69, 9.17) is 4.74 Å². The molecule has 0 N–H and O–H groups in total. The number of hydrogen-bond donors (Lipinski definition) is 0. The highest BCUT2D eigenvalue weighted by Crippen LogP contribution is 2.25. The van der Waals surface area contributed by atoms with Gasteiger partial charge in [-0.05, 0) is 29.5 Å². The van der Waals surface area contributed by atoms with E-state index in [1.165, 1.54) is 16.8 Å². The smallest absolute Gasteiger partial charge is 0.0645 e. The molecule has 1 aromatic heterocycles. The minimum absolute atomic E-state index is 0.503. The van der Waals surface area contributed by atoms with E-state index < -0.39 is 0 Å². The molecule has 0 aromatic carbocycles. The fourth-order valence-corrected chi connectivity index (χ4v) is 2.65. The van der Waals surface area contributed by atoms with E-state index in [2.05, 4.69) is 41.9 Å². The maximum atomic E-state index is 5.26. The molecular formula is C16H22N2O. The van der Waals surface area contributed by atoms with Gasteiger partial charge in [0.2, 0.25) is 0 Å². The summed E-state index contributed by atoms with van der Waals surface area (Å²) in [6, 6.07) is 5.03. The van der Waals surface area contributed by atoms with Crippen molar-refractivity contribution in [3.8, 4) is 0 Å². The van der Waals surface area contributed by atoms with Crippen molar-refractivity contribution in [3.05, 3.63) is 35.7 Å². The molecule has 1 fully saturated rings. The van der Waals surface area contributed by atoms with Crippen molar-refractivity contribution in [2.45, 2.75) is 32.2 Å². The molecule has 0 bridgehead atoms. The molecule has 102 valence electrons. The van der Waals surface area contributed by atoms with Crippen LogP contribution in [0.25, 0.3) is 5.57 Å². The molecular weight excluding hydrogens is 236 g/mol. The van der Waals surface area contributed by atoms with Crippen molar-refractivity contribution in [1.29, 1.82) is 0 Å². The van der Waals surface area contributed by atoms with E-state index in [-0.39, 0.29) is 0 Å². The van der Waals surface area contributed by atoms with Crippen LogP contribution in [0.5, 0.6) is 0 Å². The number of ether oxygens (including phenoxy) is 1. The fourth-order valence-electron chi connectivity index (χ4n) is 2.65. The predicted octanol–water partition coefficient (Wildman–Crippen LogP) is 2.69. The van der Waals surface area contributed by atoms with Gasteiger partial charge in [-0.3, -0.25) is 9.88 Å². The van der Waals surface area contributed by atoms with Crippen LogP contribution in [-0.2, 0) is 4.74 Å². The van der Waals surface area contributed by atoms with Crippen LogP contribution in [0.15, 0.2) is 24.4 Å². The summed E-state index contributed by atoms with van der Waals surface area (Å²) < 4.78 is 5.26. The molecule has 0 unspecified atom stereocenters. The first-order valence-corrected chi connectivity index (χ1v) is 7.21.